The van der Waals surface area contributed by atoms with Crippen LogP contribution in [0.25, 0.3) is 5.65 Å². The van der Waals surface area contributed by atoms with E-state index in [4.69, 9.17) is 12.6 Å². The molecule has 1 amide bonds. The first-order chi connectivity index (χ1) is 9.78. The van der Waals surface area contributed by atoms with Crippen LogP contribution in [0.15, 0.2) is 24.5 Å². The Kier molecular flexibility index (Phi) is 4.02. The fourth-order valence-corrected chi connectivity index (χ4v) is 1.81. The molecular weight excluding hydrogens is 269 g/mol. The van der Waals surface area contributed by atoms with Gasteiger partial charge in [-0.1, -0.05) is 6.07 Å². The Morgan fingerprint density at radius 3 is 2.76 bits per heavy atom. The Labute approximate surface area is 123 Å². The average molecular weight is 285 g/mol. The lowest BCUT2D eigenvalue weighted by molar-refractivity contribution is 0.0520. The van der Waals surface area contributed by atoms with E-state index < -0.39 is 11.7 Å². The van der Waals surface area contributed by atoms with Gasteiger partial charge in [0.15, 0.2) is 5.78 Å². The van der Waals surface area contributed by atoms with Crippen molar-refractivity contribution in [2.24, 2.45) is 0 Å². The van der Waals surface area contributed by atoms with Gasteiger partial charge in [-0.2, -0.15) is 0 Å². The molecule has 0 aliphatic rings. The van der Waals surface area contributed by atoms with Crippen molar-refractivity contribution >= 4 is 31.0 Å². The summed E-state index contributed by atoms with van der Waals surface area (Å²) in [6.07, 6.45) is 2.60. The maximum absolute atomic E-state index is 12.2. The van der Waals surface area contributed by atoms with Crippen LogP contribution in [0.3, 0.4) is 0 Å². The number of carbonyl (C=O) groups excluding carboxylic acids is 2. The van der Waals surface area contributed by atoms with Crippen LogP contribution in [0.1, 0.15) is 31.1 Å². The van der Waals surface area contributed by atoms with E-state index in [2.05, 4.69) is 10.3 Å². The number of fused-ring (bicyclic) bond motifs is 1. The lowest BCUT2D eigenvalue weighted by Gasteiger charge is -2.19. The number of hydrogen-bond acceptors (Lipinski definition) is 4. The zero-order valence-electron chi connectivity index (χ0n) is 12.2. The van der Waals surface area contributed by atoms with Crippen molar-refractivity contribution in [2.75, 3.05) is 6.54 Å². The average Bonchev–Trinajstić information content (AvgIpc) is 2.84. The van der Waals surface area contributed by atoms with Gasteiger partial charge < -0.3 is 14.5 Å². The number of carbonyl (C=O) groups is 2. The van der Waals surface area contributed by atoms with Crippen molar-refractivity contribution < 1.29 is 14.3 Å². The summed E-state index contributed by atoms with van der Waals surface area (Å²) in [6.45, 7) is 5.09. The quantitative estimate of drug-likeness (QED) is 0.670. The van der Waals surface area contributed by atoms with Crippen molar-refractivity contribution in [3.63, 3.8) is 0 Å². The molecule has 1 N–H and O–H groups in total. The summed E-state index contributed by atoms with van der Waals surface area (Å²) in [5.74, 6) is -0.267. The van der Waals surface area contributed by atoms with Crippen LogP contribution in [-0.2, 0) is 4.74 Å². The van der Waals surface area contributed by atoms with Crippen LogP contribution in [-0.4, -0.2) is 41.3 Å². The Bertz CT molecular complexity index is 688. The largest absolute Gasteiger partial charge is 0.444 e. The molecule has 2 radical (unpaired) electrons. The van der Waals surface area contributed by atoms with Crippen LogP contribution in [0, 0.1) is 0 Å². The molecular formula is C14H16BN3O3. The van der Waals surface area contributed by atoms with Gasteiger partial charge in [-0.25, -0.2) is 9.78 Å². The smallest absolute Gasteiger partial charge is 0.408 e. The molecule has 2 rings (SSSR count). The van der Waals surface area contributed by atoms with Crippen molar-refractivity contribution in [1.82, 2.24) is 14.7 Å². The minimum atomic E-state index is -0.634. The molecule has 0 aromatic carbocycles. The SMILES string of the molecule is [B]c1ccc(C(=O)CNC(=O)OC(C)(C)C)c2nccn12. The number of Topliss-reactive ketones (excluding diaryl/α,β-unsaturated/α-hetero) is 1. The third-order valence-electron chi connectivity index (χ3n) is 2.67. The third-order valence-corrected chi connectivity index (χ3v) is 2.67. The number of amides is 1. The number of ketones is 1. The number of aromatic nitrogens is 2. The second-order valence-electron chi connectivity index (χ2n) is 5.57. The van der Waals surface area contributed by atoms with Gasteiger partial charge in [0.25, 0.3) is 0 Å². The number of alkyl carbamates (subject to hydrolysis) is 1. The lowest BCUT2D eigenvalue weighted by atomic mass is 10.0. The monoisotopic (exact) mass is 285 g/mol. The summed E-state index contributed by atoms with van der Waals surface area (Å²) in [6, 6.07) is 3.21. The molecule has 0 aliphatic heterocycles. The highest BCUT2D eigenvalue weighted by molar-refractivity contribution is 6.31. The number of ether oxygens (including phenoxy) is 1. The summed E-state index contributed by atoms with van der Waals surface area (Å²) in [7, 11) is 5.78. The molecule has 2 heterocycles. The lowest BCUT2D eigenvalue weighted by Crippen LogP contribution is -2.35. The second kappa shape index (κ2) is 5.59. The Morgan fingerprint density at radius 2 is 2.10 bits per heavy atom. The van der Waals surface area contributed by atoms with E-state index in [1.54, 1.807) is 49.7 Å². The van der Waals surface area contributed by atoms with Crippen LogP contribution in [0.5, 0.6) is 0 Å². The predicted molar refractivity (Wildman–Crippen MR) is 79.1 cm³/mol. The van der Waals surface area contributed by atoms with Gasteiger partial charge >= 0.3 is 6.09 Å². The molecule has 2 aromatic rings. The van der Waals surface area contributed by atoms with Gasteiger partial charge in [0.1, 0.15) is 19.1 Å². The molecule has 108 valence electrons. The van der Waals surface area contributed by atoms with Crippen molar-refractivity contribution in [1.29, 1.82) is 0 Å². The van der Waals surface area contributed by atoms with Crippen LogP contribution >= 0.6 is 0 Å². The van der Waals surface area contributed by atoms with E-state index in [1.165, 1.54) is 0 Å². The van der Waals surface area contributed by atoms with Crippen LogP contribution in [0.4, 0.5) is 4.79 Å². The van der Waals surface area contributed by atoms with Gasteiger partial charge in [0, 0.05) is 12.4 Å². The number of rotatable bonds is 3. The van der Waals surface area contributed by atoms with Gasteiger partial charge in [-0.15, -0.1) is 0 Å². The summed E-state index contributed by atoms with van der Waals surface area (Å²) in [4.78, 5) is 27.8. The Morgan fingerprint density at radius 1 is 1.38 bits per heavy atom. The maximum Gasteiger partial charge on any atom is 0.408 e. The number of pyridine rings is 1. The molecule has 0 saturated heterocycles. The zero-order chi connectivity index (χ0) is 15.6. The molecule has 0 spiro atoms. The molecule has 0 atom stereocenters. The fourth-order valence-electron chi connectivity index (χ4n) is 1.81. The van der Waals surface area contributed by atoms with Gasteiger partial charge in [-0.05, 0) is 32.4 Å². The number of imidazole rings is 1. The van der Waals surface area contributed by atoms with Crippen molar-refractivity contribution in [3.05, 3.63) is 30.1 Å². The van der Waals surface area contributed by atoms with Crippen LogP contribution in [0.2, 0.25) is 0 Å². The van der Waals surface area contributed by atoms with E-state index in [-0.39, 0.29) is 12.3 Å². The summed E-state index contributed by atoms with van der Waals surface area (Å²) >= 11 is 0. The maximum atomic E-state index is 12.2. The van der Waals surface area contributed by atoms with E-state index in [0.29, 0.717) is 16.8 Å². The topological polar surface area (TPSA) is 72.7 Å². The first-order valence-corrected chi connectivity index (χ1v) is 6.49. The predicted octanol–water partition coefficient (Wildman–Crippen LogP) is 0.835. The van der Waals surface area contributed by atoms with Crippen molar-refractivity contribution in [2.45, 2.75) is 26.4 Å². The molecule has 0 fully saturated rings. The third kappa shape index (κ3) is 3.62. The fraction of sp³-hybridized carbons (Fsp3) is 0.357. The minimum Gasteiger partial charge on any atom is -0.444 e. The zero-order valence-corrected chi connectivity index (χ0v) is 12.2. The number of hydrogen-bond donors (Lipinski definition) is 1. The van der Waals surface area contributed by atoms with E-state index in [0.717, 1.165) is 0 Å². The molecule has 0 unspecified atom stereocenters. The van der Waals surface area contributed by atoms with E-state index in [9.17, 15) is 9.59 Å². The molecule has 21 heavy (non-hydrogen) atoms. The standard InChI is InChI=1S/C14H16BN3O3/c1-14(2,3)21-13(20)17-8-10(19)9-4-5-11(15)18-7-6-16-12(9)18/h4-7H,8H2,1-3H3,(H,17,20). The highest BCUT2D eigenvalue weighted by Crippen LogP contribution is 2.09. The van der Waals surface area contributed by atoms with Gasteiger partial charge in [-0.3, -0.25) is 4.79 Å². The second-order valence-corrected chi connectivity index (χ2v) is 5.57. The van der Waals surface area contributed by atoms with Gasteiger partial charge in [0.05, 0.1) is 12.1 Å². The minimum absolute atomic E-state index is 0.165. The van der Waals surface area contributed by atoms with Gasteiger partial charge in [0.2, 0.25) is 0 Å². The Hall–Kier alpha value is -2.31. The highest BCUT2D eigenvalue weighted by atomic mass is 16.6. The highest BCUT2D eigenvalue weighted by Gasteiger charge is 2.18. The molecule has 2 aromatic heterocycles. The number of nitrogens with zero attached hydrogens (tertiary/aromatic N) is 2. The summed E-state index contributed by atoms with van der Waals surface area (Å²) in [5.41, 5.74) is 0.736. The summed E-state index contributed by atoms with van der Waals surface area (Å²) in [5, 5.41) is 2.43. The molecule has 0 aliphatic carbocycles. The van der Waals surface area contributed by atoms with Crippen LogP contribution < -0.4 is 10.9 Å². The number of nitrogens with one attached hydrogen (secondary N) is 1. The first-order valence-electron chi connectivity index (χ1n) is 6.49. The summed E-state index contributed by atoms with van der Waals surface area (Å²) < 4.78 is 6.68. The Balaban J connectivity index is 2.08. The molecule has 7 heteroatoms. The molecule has 6 nitrogen and oxygen atoms in total. The molecule has 0 bridgehead atoms. The normalized spacial score (nSPS) is 11.4. The van der Waals surface area contributed by atoms with Crippen molar-refractivity contribution in [3.8, 4) is 0 Å². The molecule has 0 saturated carbocycles. The van der Waals surface area contributed by atoms with E-state index >= 15 is 0 Å². The first kappa shape index (κ1) is 15.1. The van der Waals surface area contributed by atoms with E-state index in [1.807, 2.05) is 0 Å².